The first-order valence-corrected chi connectivity index (χ1v) is 9.73. The van der Waals surface area contributed by atoms with Gasteiger partial charge in [-0.2, -0.15) is 0 Å². The smallest absolute Gasteiger partial charge is 0.165 e. The molecule has 1 aliphatic carbocycles. The summed E-state index contributed by atoms with van der Waals surface area (Å²) < 4.78 is 19.8. The second-order valence-corrected chi connectivity index (χ2v) is 7.30. The Morgan fingerprint density at radius 2 is 1.71 bits per heavy atom. The number of hydrogen-bond donors (Lipinski definition) is 0. The molecule has 0 aliphatic heterocycles. The first kappa shape index (κ1) is 18.5. The Labute approximate surface area is 169 Å². The lowest BCUT2D eigenvalue weighted by molar-refractivity contribution is 0.442. The van der Waals surface area contributed by atoms with Crippen LogP contribution < -0.4 is 4.74 Å². The number of rotatable bonds is 6. The van der Waals surface area contributed by atoms with Gasteiger partial charge in [0.05, 0.1) is 0 Å². The largest absolute Gasteiger partial charge is 0.454 e. The van der Waals surface area contributed by atoms with E-state index >= 15 is 0 Å². The molecule has 0 N–H and O–H groups in total. The molecule has 1 fully saturated rings. The Morgan fingerprint density at radius 1 is 0.964 bits per heavy atom. The van der Waals surface area contributed by atoms with Crippen molar-refractivity contribution in [2.45, 2.75) is 12.8 Å². The molecule has 0 bridgehead atoms. The van der Waals surface area contributed by atoms with Gasteiger partial charge >= 0.3 is 0 Å². The second-order valence-electron chi connectivity index (χ2n) is 6.87. The molecule has 0 heterocycles. The maximum atomic E-state index is 14.1. The number of ether oxygens (including phenoxy) is 1. The molecule has 1 nitrogen and oxygen atoms in total. The fourth-order valence-corrected chi connectivity index (χ4v) is 3.21. The second kappa shape index (κ2) is 8.45. The van der Waals surface area contributed by atoms with E-state index in [9.17, 15) is 4.39 Å². The molecule has 4 rings (SSSR count). The summed E-state index contributed by atoms with van der Waals surface area (Å²) in [4.78, 5) is 0. The van der Waals surface area contributed by atoms with E-state index in [1.165, 1.54) is 30.0 Å². The predicted octanol–water partition coefficient (Wildman–Crippen LogP) is 7.78. The lowest BCUT2D eigenvalue weighted by atomic mass is 10.0. The highest BCUT2D eigenvalue weighted by atomic mass is 35.5. The van der Waals surface area contributed by atoms with E-state index in [1.54, 1.807) is 24.3 Å². The fourth-order valence-electron chi connectivity index (χ4n) is 3.08. The zero-order valence-corrected chi connectivity index (χ0v) is 16.1. The summed E-state index contributed by atoms with van der Waals surface area (Å²) in [7, 11) is 0. The van der Waals surface area contributed by atoms with Crippen LogP contribution in [0.4, 0.5) is 4.39 Å². The normalized spacial score (nSPS) is 14.4. The van der Waals surface area contributed by atoms with Crippen molar-refractivity contribution < 1.29 is 9.13 Å². The molecule has 0 saturated heterocycles. The topological polar surface area (TPSA) is 9.23 Å². The van der Waals surface area contributed by atoms with Gasteiger partial charge in [0.25, 0.3) is 0 Å². The molecule has 0 spiro atoms. The summed E-state index contributed by atoms with van der Waals surface area (Å²) in [5.41, 5.74) is 3.40. The zero-order valence-electron chi connectivity index (χ0n) is 15.3. The van der Waals surface area contributed by atoms with Crippen LogP contribution in [-0.4, -0.2) is 0 Å². The van der Waals surface area contributed by atoms with Crippen LogP contribution in [0.2, 0.25) is 5.02 Å². The van der Waals surface area contributed by atoms with E-state index in [1.807, 2.05) is 42.5 Å². The fraction of sp³-hybridized carbons (Fsp3) is 0.120. The van der Waals surface area contributed by atoms with Gasteiger partial charge in [-0.15, -0.1) is 0 Å². The van der Waals surface area contributed by atoms with Crippen LogP contribution >= 0.6 is 11.6 Å². The van der Waals surface area contributed by atoms with Crippen LogP contribution in [0.1, 0.15) is 24.0 Å². The lowest BCUT2D eigenvalue weighted by Crippen LogP contribution is -1.89. The van der Waals surface area contributed by atoms with Gasteiger partial charge in [-0.3, -0.25) is 0 Å². The summed E-state index contributed by atoms with van der Waals surface area (Å²) in [5, 5.41) is 0.742. The van der Waals surface area contributed by atoms with Gasteiger partial charge in [0.2, 0.25) is 0 Å². The van der Waals surface area contributed by atoms with Crippen molar-refractivity contribution in [1.82, 2.24) is 0 Å². The zero-order chi connectivity index (χ0) is 19.3. The van der Waals surface area contributed by atoms with Crippen LogP contribution in [0.25, 0.3) is 11.6 Å². The Morgan fingerprint density at radius 3 is 2.43 bits per heavy atom. The molecule has 1 aliphatic rings. The predicted molar refractivity (Wildman–Crippen MR) is 114 cm³/mol. The molecule has 3 heteroatoms. The monoisotopic (exact) mass is 390 g/mol. The average molecular weight is 391 g/mol. The third kappa shape index (κ3) is 4.71. The van der Waals surface area contributed by atoms with Crippen LogP contribution in [-0.2, 0) is 0 Å². The van der Waals surface area contributed by atoms with E-state index in [0.717, 1.165) is 10.6 Å². The SMILES string of the molecule is Fc1ccc(C=CC=C(c2ccc(Cl)cc2)C2CC2)cc1Oc1ccccc1. The molecule has 0 aromatic heterocycles. The van der Waals surface area contributed by atoms with Crippen molar-refractivity contribution >= 4 is 23.3 Å². The number of para-hydroxylation sites is 1. The van der Waals surface area contributed by atoms with E-state index in [0.29, 0.717) is 11.7 Å². The highest BCUT2D eigenvalue weighted by Crippen LogP contribution is 2.42. The summed E-state index contributed by atoms with van der Waals surface area (Å²) >= 11 is 6.01. The summed E-state index contributed by atoms with van der Waals surface area (Å²) in [6, 6.07) is 22.1. The van der Waals surface area contributed by atoms with Gasteiger partial charge in [0.15, 0.2) is 11.6 Å². The van der Waals surface area contributed by atoms with Crippen molar-refractivity contribution in [2.75, 3.05) is 0 Å². The van der Waals surface area contributed by atoms with Gasteiger partial charge in [-0.1, -0.05) is 66.2 Å². The number of benzene rings is 3. The highest BCUT2D eigenvalue weighted by molar-refractivity contribution is 6.30. The minimum absolute atomic E-state index is 0.220. The Hall–Kier alpha value is -2.84. The molecule has 3 aromatic rings. The molecular formula is C25H20ClFO. The minimum Gasteiger partial charge on any atom is -0.454 e. The van der Waals surface area contributed by atoms with Crippen LogP contribution in [0.15, 0.2) is 84.9 Å². The van der Waals surface area contributed by atoms with Gasteiger partial charge < -0.3 is 4.74 Å². The molecule has 0 radical (unpaired) electrons. The van der Waals surface area contributed by atoms with Crippen molar-refractivity contribution in [2.24, 2.45) is 5.92 Å². The average Bonchev–Trinajstić information content (AvgIpc) is 3.54. The van der Waals surface area contributed by atoms with Crippen molar-refractivity contribution in [3.05, 3.63) is 107 Å². The number of allylic oxidation sites excluding steroid dienone is 3. The molecule has 1 saturated carbocycles. The summed E-state index contributed by atoms with van der Waals surface area (Å²) in [6.45, 7) is 0. The standard InChI is InChI=1S/C25H20ClFO/c26-21-14-12-20(13-15-21)23(19-10-11-19)8-4-5-18-9-16-24(27)25(17-18)28-22-6-2-1-3-7-22/h1-9,12-17,19H,10-11H2. The number of hydrogen-bond acceptors (Lipinski definition) is 1. The maximum absolute atomic E-state index is 14.1. The van der Waals surface area contributed by atoms with E-state index in [-0.39, 0.29) is 11.6 Å². The molecule has 140 valence electrons. The molecule has 0 unspecified atom stereocenters. The lowest BCUT2D eigenvalue weighted by Gasteiger charge is -2.07. The first-order valence-electron chi connectivity index (χ1n) is 9.36. The van der Waals surface area contributed by atoms with Gasteiger partial charge in [0.1, 0.15) is 5.75 Å². The Kier molecular flexibility index (Phi) is 5.59. The molecule has 3 aromatic carbocycles. The van der Waals surface area contributed by atoms with Gasteiger partial charge in [0, 0.05) is 5.02 Å². The highest BCUT2D eigenvalue weighted by Gasteiger charge is 2.26. The summed E-state index contributed by atoms with van der Waals surface area (Å²) in [6.07, 6.45) is 8.56. The maximum Gasteiger partial charge on any atom is 0.165 e. The van der Waals surface area contributed by atoms with Gasteiger partial charge in [-0.05, 0) is 71.9 Å². The van der Waals surface area contributed by atoms with Crippen molar-refractivity contribution in [3.8, 4) is 11.5 Å². The quantitative estimate of drug-likeness (QED) is 0.390. The van der Waals surface area contributed by atoms with Crippen LogP contribution in [0, 0.1) is 11.7 Å². The minimum atomic E-state index is -0.378. The first-order chi connectivity index (χ1) is 13.7. The van der Waals surface area contributed by atoms with E-state index in [2.05, 4.69) is 18.2 Å². The number of halogens is 2. The van der Waals surface area contributed by atoms with Crippen LogP contribution in [0.3, 0.4) is 0 Å². The van der Waals surface area contributed by atoms with E-state index in [4.69, 9.17) is 16.3 Å². The molecule has 0 atom stereocenters. The Balaban J connectivity index is 1.54. The summed E-state index contributed by atoms with van der Waals surface area (Å²) in [5.74, 6) is 1.06. The third-order valence-electron chi connectivity index (χ3n) is 4.69. The van der Waals surface area contributed by atoms with Crippen LogP contribution in [0.5, 0.6) is 11.5 Å². The third-order valence-corrected chi connectivity index (χ3v) is 4.94. The molecule has 28 heavy (non-hydrogen) atoms. The molecular weight excluding hydrogens is 371 g/mol. The Bertz CT molecular complexity index is 1000. The molecule has 0 amide bonds. The van der Waals surface area contributed by atoms with Crippen molar-refractivity contribution in [3.63, 3.8) is 0 Å². The van der Waals surface area contributed by atoms with Gasteiger partial charge in [-0.25, -0.2) is 4.39 Å². The van der Waals surface area contributed by atoms with E-state index < -0.39 is 0 Å². The van der Waals surface area contributed by atoms with Crippen molar-refractivity contribution in [1.29, 1.82) is 0 Å².